The lowest BCUT2D eigenvalue weighted by molar-refractivity contribution is 0.0560. The molecule has 0 aromatic carbocycles. The van der Waals surface area contributed by atoms with Crippen LogP contribution in [0.15, 0.2) is 0 Å². The van der Waals surface area contributed by atoms with Crippen LogP contribution in [0.4, 0.5) is 4.79 Å². The van der Waals surface area contributed by atoms with Crippen molar-refractivity contribution in [3.63, 3.8) is 0 Å². The van der Waals surface area contributed by atoms with E-state index in [2.05, 4.69) is 10.2 Å². The minimum absolute atomic E-state index is 0.0372. The Labute approximate surface area is 134 Å². The highest BCUT2D eigenvalue weighted by Crippen LogP contribution is 2.28. The van der Waals surface area contributed by atoms with Crippen LogP contribution in [-0.2, 0) is 0 Å². The zero-order valence-corrected chi connectivity index (χ0v) is 13.8. The van der Waals surface area contributed by atoms with Crippen molar-refractivity contribution in [2.24, 2.45) is 5.92 Å². The van der Waals surface area contributed by atoms with E-state index in [1.54, 1.807) is 4.90 Å². The van der Waals surface area contributed by atoms with Gasteiger partial charge in [-0.05, 0) is 38.6 Å². The van der Waals surface area contributed by atoms with E-state index in [4.69, 9.17) is 0 Å². The second-order valence-electron chi connectivity index (χ2n) is 7.44. The van der Waals surface area contributed by atoms with Gasteiger partial charge in [-0.25, -0.2) is 4.79 Å². The molecule has 0 aromatic heterocycles. The van der Waals surface area contributed by atoms with Crippen molar-refractivity contribution in [1.82, 2.24) is 15.1 Å². The van der Waals surface area contributed by atoms with Gasteiger partial charge >= 0.3 is 6.03 Å². The molecule has 22 heavy (non-hydrogen) atoms. The van der Waals surface area contributed by atoms with Crippen LogP contribution in [0.3, 0.4) is 0 Å². The SMILES string of the molecule is CN(C[C@@H]1CCCC[C@@H]1O)C(=O)N[C@H]1CCN2CCCC[C@H]12. The van der Waals surface area contributed by atoms with Gasteiger partial charge in [0.2, 0.25) is 0 Å². The number of aliphatic hydroxyl groups excluding tert-OH is 1. The van der Waals surface area contributed by atoms with E-state index in [0.29, 0.717) is 18.6 Å². The third kappa shape index (κ3) is 3.57. The minimum atomic E-state index is -0.232. The number of hydrogen-bond acceptors (Lipinski definition) is 3. The van der Waals surface area contributed by atoms with Crippen molar-refractivity contribution in [3.05, 3.63) is 0 Å². The zero-order chi connectivity index (χ0) is 15.5. The summed E-state index contributed by atoms with van der Waals surface area (Å²) in [5, 5.41) is 13.3. The molecule has 0 spiro atoms. The molecule has 1 saturated carbocycles. The van der Waals surface area contributed by atoms with E-state index >= 15 is 0 Å². The van der Waals surface area contributed by atoms with E-state index in [-0.39, 0.29) is 18.1 Å². The number of aliphatic hydroxyl groups is 1. The lowest BCUT2D eigenvalue weighted by Gasteiger charge is -2.34. The Kier molecular flexibility index (Phi) is 5.24. The molecule has 4 atom stereocenters. The first-order chi connectivity index (χ1) is 10.6. The summed E-state index contributed by atoms with van der Waals surface area (Å²) in [5.41, 5.74) is 0. The molecule has 0 bridgehead atoms. The highest BCUT2D eigenvalue weighted by Gasteiger charge is 2.36. The lowest BCUT2D eigenvalue weighted by atomic mass is 9.86. The number of hydrogen-bond donors (Lipinski definition) is 2. The summed E-state index contributed by atoms with van der Waals surface area (Å²) in [7, 11) is 1.87. The molecule has 2 saturated heterocycles. The minimum Gasteiger partial charge on any atom is -0.393 e. The normalized spacial score (nSPS) is 35.9. The van der Waals surface area contributed by atoms with Gasteiger partial charge in [0.05, 0.1) is 6.10 Å². The maximum absolute atomic E-state index is 12.5. The summed E-state index contributed by atoms with van der Waals surface area (Å²) < 4.78 is 0. The predicted molar refractivity (Wildman–Crippen MR) is 86.7 cm³/mol. The highest BCUT2D eigenvalue weighted by molar-refractivity contribution is 5.74. The van der Waals surface area contributed by atoms with Gasteiger partial charge in [0.15, 0.2) is 0 Å². The van der Waals surface area contributed by atoms with E-state index in [9.17, 15) is 9.90 Å². The van der Waals surface area contributed by atoms with Crippen molar-refractivity contribution in [2.45, 2.75) is 69.6 Å². The molecule has 2 N–H and O–H groups in total. The molecule has 3 aliphatic rings. The Morgan fingerprint density at radius 2 is 1.91 bits per heavy atom. The number of piperidine rings is 1. The quantitative estimate of drug-likeness (QED) is 0.836. The molecule has 2 heterocycles. The Hall–Kier alpha value is -0.810. The second kappa shape index (κ2) is 7.18. The summed E-state index contributed by atoms with van der Waals surface area (Å²) in [6.07, 6.45) is 8.88. The topological polar surface area (TPSA) is 55.8 Å². The van der Waals surface area contributed by atoms with Crippen LogP contribution >= 0.6 is 0 Å². The van der Waals surface area contributed by atoms with Gasteiger partial charge in [-0.3, -0.25) is 4.90 Å². The first kappa shape index (κ1) is 16.1. The lowest BCUT2D eigenvalue weighted by Crippen LogP contribution is -2.51. The van der Waals surface area contributed by atoms with Crippen LogP contribution in [0.25, 0.3) is 0 Å². The largest absolute Gasteiger partial charge is 0.393 e. The van der Waals surface area contributed by atoms with Crippen LogP contribution in [0.1, 0.15) is 51.4 Å². The highest BCUT2D eigenvalue weighted by atomic mass is 16.3. The van der Waals surface area contributed by atoms with E-state index in [1.165, 1.54) is 32.2 Å². The third-order valence-corrected chi connectivity index (χ3v) is 5.89. The summed E-state index contributed by atoms with van der Waals surface area (Å²) in [5.74, 6) is 0.249. The van der Waals surface area contributed by atoms with Gasteiger partial charge in [0.1, 0.15) is 0 Å². The standard InChI is InChI=1S/C17H31N3O2/c1-19(12-13-6-2-3-8-16(13)21)17(22)18-14-9-11-20-10-5-4-7-15(14)20/h13-16,21H,2-12H2,1H3,(H,18,22)/t13-,14-,15+,16-/m0/s1. The van der Waals surface area contributed by atoms with Crippen LogP contribution < -0.4 is 5.32 Å². The molecular formula is C17H31N3O2. The number of rotatable bonds is 3. The first-order valence-electron chi connectivity index (χ1n) is 9.09. The van der Waals surface area contributed by atoms with Crippen molar-refractivity contribution in [3.8, 4) is 0 Å². The fourth-order valence-electron chi connectivity index (χ4n) is 4.52. The average molecular weight is 309 g/mol. The Bertz CT molecular complexity index is 390. The summed E-state index contributed by atoms with van der Waals surface area (Å²) >= 11 is 0. The van der Waals surface area contributed by atoms with Gasteiger partial charge in [0.25, 0.3) is 0 Å². The molecule has 5 nitrogen and oxygen atoms in total. The average Bonchev–Trinajstić information content (AvgIpc) is 2.93. The third-order valence-electron chi connectivity index (χ3n) is 5.89. The van der Waals surface area contributed by atoms with Crippen LogP contribution in [0, 0.1) is 5.92 Å². The number of nitrogens with one attached hydrogen (secondary N) is 1. The first-order valence-corrected chi connectivity index (χ1v) is 9.09. The monoisotopic (exact) mass is 309 g/mol. The van der Waals surface area contributed by atoms with Crippen molar-refractivity contribution >= 4 is 6.03 Å². The molecule has 2 amide bonds. The Morgan fingerprint density at radius 3 is 2.73 bits per heavy atom. The maximum atomic E-state index is 12.5. The fourth-order valence-corrected chi connectivity index (χ4v) is 4.52. The number of urea groups is 1. The second-order valence-corrected chi connectivity index (χ2v) is 7.44. The number of carbonyl (C=O) groups excluding carboxylic acids is 1. The van der Waals surface area contributed by atoms with Crippen molar-refractivity contribution in [2.75, 3.05) is 26.7 Å². The van der Waals surface area contributed by atoms with Crippen molar-refractivity contribution in [1.29, 1.82) is 0 Å². The number of fused-ring (bicyclic) bond motifs is 1. The molecular weight excluding hydrogens is 278 g/mol. The number of amides is 2. The zero-order valence-electron chi connectivity index (χ0n) is 13.8. The molecule has 0 aromatic rings. The molecule has 3 fully saturated rings. The van der Waals surface area contributed by atoms with Gasteiger partial charge in [0, 0.05) is 38.1 Å². The molecule has 0 radical (unpaired) electrons. The number of nitrogens with zero attached hydrogens (tertiary/aromatic N) is 2. The van der Waals surface area contributed by atoms with Gasteiger partial charge in [-0.15, -0.1) is 0 Å². The summed E-state index contributed by atoms with van der Waals surface area (Å²) in [6, 6.07) is 0.896. The summed E-state index contributed by atoms with van der Waals surface area (Å²) in [6.45, 7) is 3.00. The fraction of sp³-hybridized carbons (Fsp3) is 0.941. The molecule has 2 aliphatic heterocycles. The molecule has 126 valence electrons. The van der Waals surface area contributed by atoms with Crippen LogP contribution in [0.2, 0.25) is 0 Å². The molecule has 3 rings (SSSR count). The van der Waals surface area contributed by atoms with E-state index < -0.39 is 0 Å². The molecule has 1 aliphatic carbocycles. The van der Waals surface area contributed by atoms with Crippen molar-refractivity contribution < 1.29 is 9.90 Å². The molecule has 0 unspecified atom stereocenters. The van der Waals surface area contributed by atoms with Crippen LogP contribution in [-0.4, -0.2) is 65.8 Å². The predicted octanol–water partition coefficient (Wildman–Crippen LogP) is 1.81. The van der Waals surface area contributed by atoms with Gasteiger partial charge in [-0.2, -0.15) is 0 Å². The Balaban J connectivity index is 1.48. The van der Waals surface area contributed by atoms with Gasteiger partial charge in [-0.1, -0.05) is 19.3 Å². The molecule has 5 heteroatoms. The van der Waals surface area contributed by atoms with Crippen LogP contribution in [0.5, 0.6) is 0 Å². The smallest absolute Gasteiger partial charge is 0.317 e. The van der Waals surface area contributed by atoms with E-state index in [1.807, 2.05) is 7.05 Å². The van der Waals surface area contributed by atoms with E-state index in [0.717, 1.165) is 32.2 Å². The maximum Gasteiger partial charge on any atom is 0.317 e. The summed E-state index contributed by atoms with van der Waals surface area (Å²) in [4.78, 5) is 16.8. The Morgan fingerprint density at radius 1 is 1.14 bits per heavy atom. The van der Waals surface area contributed by atoms with Gasteiger partial charge < -0.3 is 15.3 Å². The number of carbonyl (C=O) groups is 1.